The van der Waals surface area contributed by atoms with Gasteiger partial charge in [0.2, 0.25) is 0 Å². The highest BCUT2D eigenvalue weighted by molar-refractivity contribution is 5.91. The van der Waals surface area contributed by atoms with Gasteiger partial charge in [-0.05, 0) is 31.0 Å². The lowest BCUT2D eigenvalue weighted by Gasteiger charge is -2.24. The van der Waals surface area contributed by atoms with E-state index in [1.165, 1.54) is 25.5 Å². The maximum atomic E-state index is 10.8. The highest BCUT2D eigenvalue weighted by Crippen LogP contribution is 2.35. The number of hydrogen-bond donors (Lipinski definition) is 1. The van der Waals surface area contributed by atoms with Crippen molar-refractivity contribution >= 4 is 17.0 Å². The summed E-state index contributed by atoms with van der Waals surface area (Å²) in [6.07, 6.45) is 5.04. The molecule has 1 fully saturated rings. The van der Waals surface area contributed by atoms with E-state index in [1.54, 1.807) is 6.07 Å². The zero-order chi connectivity index (χ0) is 11.8. The van der Waals surface area contributed by atoms with Crippen molar-refractivity contribution in [3.8, 4) is 0 Å². The highest BCUT2D eigenvalue weighted by Gasteiger charge is 2.21. The number of fused-ring (bicyclic) bond motifs is 1. The standard InChI is InChI=1S/C13H12N2O2/c16-13(17)10-6-9-4-5-11(8-2-1-3-8)15-12(9)14-7-10/h4-8H,1-3H2,(H,16,17). The van der Waals surface area contributed by atoms with E-state index in [9.17, 15) is 4.79 Å². The fraction of sp³-hybridized carbons (Fsp3) is 0.308. The van der Waals surface area contributed by atoms with Crippen molar-refractivity contribution in [1.82, 2.24) is 9.97 Å². The van der Waals surface area contributed by atoms with Gasteiger partial charge in [0.25, 0.3) is 0 Å². The third-order valence-electron chi connectivity index (χ3n) is 3.33. The SMILES string of the molecule is O=C(O)c1cnc2nc(C3CCC3)ccc2c1. The monoisotopic (exact) mass is 228 g/mol. The third-order valence-corrected chi connectivity index (χ3v) is 3.33. The van der Waals surface area contributed by atoms with E-state index in [0.717, 1.165) is 11.1 Å². The topological polar surface area (TPSA) is 63.1 Å². The predicted molar refractivity (Wildman–Crippen MR) is 63.1 cm³/mol. The molecular weight excluding hydrogens is 216 g/mol. The second kappa shape index (κ2) is 3.80. The van der Waals surface area contributed by atoms with Crippen LogP contribution in [0.2, 0.25) is 0 Å². The van der Waals surface area contributed by atoms with Crippen LogP contribution in [-0.2, 0) is 0 Å². The molecule has 1 aliphatic carbocycles. The molecule has 0 spiro atoms. The minimum absolute atomic E-state index is 0.204. The van der Waals surface area contributed by atoms with Gasteiger partial charge in [-0.3, -0.25) is 0 Å². The zero-order valence-corrected chi connectivity index (χ0v) is 9.26. The van der Waals surface area contributed by atoms with Crippen molar-refractivity contribution in [2.45, 2.75) is 25.2 Å². The van der Waals surface area contributed by atoms with E-state index in [0.29, 0.717) is 11.6 Å². The van der Waals surface area contributed by atoms with Crippen LogP contribution in [0.25, 0.3) is 11.0 Å². The second-order valence-corrected chi connectivity index (χ2v) is 4.44. The summed E-state index contributed by atoms with van der Waals surface area (Å²) in [5.41, 5.74) is 1.93. The Morgan fingerprint density at radius 2 is 2.18 bits per heavy atom. The number of carboxylic acids is 1. The quantitative estimate of drug-likeness (QED) is 0.858. The second-order valence-electron chi connectivity index (χ2n) is 4.44. The molecule has 17 heavy (non-hydrogen) atoms. The summed E-state index contributed by atoms with van der Waals surface area (Å²) >= 11 is 0. The van der Waals surface area contributed by atoms with Gasteiger partial charge >= 0.3 is 5.97 Å². The molecule has 2 heterocycles. The summed E-state index contributed by atoms with van der Waals surface area (Å²) in [4.78, 5) is 19.4. The molecule has 2 aromatic rings. The van der Waals surface area contributed by atoms with Crippen LogP contribution in [0.4, 0.5) is 0 Å². The van der Waals surface area contributed by atoms with Gasteiger partial charge in [0.15, 0.2) is 5.65 Å². The van der Waals surface area contributed by atoms with Crippen molar-refractivity contribution in [2.24, 2.45) is 0 Å². The van der Waals surface area contributed by atoms with Gasteiger partial charge in [-0.25, -0.2) is 14.8 Å². The number of rotatable bonds is 2. The van der Waals surface area contributed by atoms with Crippen LogP contribution in [0.3, 0.4) is 0 Å². The first-order chi connectivity index (χ1) is 8.24. The molecule has 0 aliphatic heterocycles. The average molecular weight is 228 g/mol. The Morgan fingerprint density at radius 3 is 2.82 bits per heavy atom. The molecule has 0 bridgehead atoms. The number of pyridine rings is 2. The lowest BCUT2D eigenvalue weighted by Crippen LogP contribution is -2.10. The largest absolute Gasteiger partial charge is 0.478 e. The Bertz CT molecular complexity index is 591. The highest BCUT2D eigenvalue weighted by atomic mass is 16.4. The number of carbonyl (C=O) groups is 1. The Labute approximate surface area is 98.3 Å². The van der Waals surface area contributed by atoms with Crippen LogP contribution in [0.15, 0.2) is 24.4 Å². The third kappa shape index (κ3) is 1.75. The minimum atomic E-state index is -0.956. The number of hydrogen-bond acceptors (Lipinski definition) is 3. The van der Waals surface area contributed by atoms with Crippen LogP contribution in [0.1, 0.15) is 41.2 Å². The lowest BCUT2D eigenvalue weighted by atomic mass is 9.82. The molecule has 1 aliphatic rings. The minimum Gasteiger partial charge on any atom is -0.478 e. The first kappa shape index (κ1) is 10.2. The van der Waals surface area contributed by atoms with Gasteiger partial charge in [0, 0.05) is 23.2 Å². The molecule has 0 unspecified atom stereocenters. The normalized spacial score (nSPS) is 15.8. The molecule has 0 radical (unpaired) electrons. The number of aromatic carboxylic acids is 1. The molecule has 0 aromatic carbocycles. The van der Waals surface area contributed by atoms with E-state index in [4.69, 9.17) is 5.11 Å². The molecule has 0 atom stereocenters. The molecule has 2 aromatic heterocycles. The van der Waals surface area contributed by atoms with E-state index in [1.807, 2.05) is 12.1 Å². The smallest absolute Gasteiger partial charge is 0.337 e. The number of carboxylic acid groups (broad SMARTS) is 1. The fourth-order valence-corrected chi connectivity index (χ4v) is 2.07. The molecule has 4 nitrogen and oxygen atoms in total. The molecule has 0 saturated heterocycles. The summed E-state index contributed by atoms with van der Waals surface area (Å²) < 4.78 is 0. The Morgan fingerprint density at radius 1 is 1.35 bits per heavy atom. The Kier molecular flexibility index (Phi) is 2.28. The predicted octanol–water partition coefficient (Wildman–Crippen LogP) is 2.60. The number of nitrogens with zero attached hydrogens (tertiary/aromatic N) is 2. The first-order valence-corrected chi connectivity index (χ1v) is 5.74. The van der Waals surface area contributed by atoms with Crippen molar-refractivity contribution in [3.63, 3.8) is 0 Å². The molecule has 1 N–H and O–H groups in total. The van der Waals surface area contributed by atoms with Gasteiger partial charge in [0.05, 0.1) is 5.56 Å². The molecule has 1 saturated carbocycles. The lowest BCUT2D eigenvalue weighted by molar-refractivity contribution is 0.0696. The molecule has 86 valence electrons. The molecule has 4 heteroatoms. The van der Waals surface area contributed by atoms with Gasteiger partial charge in [-0.2, -0.15) is 0 Å². The van der Waals surface area contributed by atoms with Crippen molar-refractivity contribution < 1.29 is 9.90 Å². The summed E-state index contributed by atoms with van der Waals surface area (Å²) in [5.74, 6) is -0.386. The van der Waals surface area contributed by atoms with Crippen molar-refractivity contribution in [1.29, 1.82) is 0 Å². The van der Waals surface area contributed by atoms with Crippen LogP contribution >= 0.6 is 0 Å². The molecular formula is C13H12N2O2. The molecule has 0 amide bonds. The van der Waals surface area contributed by atoms with E-state index in [-0.39, 0.29) is 5.56 Å². The van der Waals surface area contributed by atoms with Gasteiger partial charge in [0.1, 0.15) is 0 Å². The van der Waals surface area contributed by atoms with Crippen molar-refractivity contribution in [3.05, 3.63) is 35.7 Å². The van der Waals surface area contributed by atoms with Gasteiger partial charge in [-0.1, -0.05) is 6.42 Å². The van der Waals surface area contributed by atoms with Gasteiger partial charge < -0.3 is 5.11 Å². The van der Waals surface area contributed by atoms with Crippen molar-refractivity contribution in [2.75, 3.05) is 0 Å². The summed E-state index contributed by atoms with van der Waals surface area (Å²) in [5, 5.41) is 9.66. The first-order valence-electron chi connectivity index (χ1n) is 5.74. The maximum Gasteiger partial charge on any atom is 0.337 e. The fourth-order valence-electron chi connectivity index (χ4n) is 2.07. The molecule has 3 rings (SSSR count). The Hall–Kier alpha value is -1.97. The van der Waals surface area contributed by atoms with Crippen LogP contribution in [0.5, 0.6) is 0 Å². The van der Waals surface area contributed by atoms with Gasteiger partial charge in [-0.15, -0.1) is 0 Å². The van der Waals surface area contributed by atoms with E-state index in [2.05, 4.69) is 9.97 Å². The Balaban J connectivity index is 2.05. The van der Waals surface area contributed by atoms with Crippen LogP contribution in [0, 0.1) is 0 Å². The summed E-state index contributed by atoms with van der Waals surface area (Å²) in [6.45, 7) is 0. The van der Waals surface area contributed by atoms with Crippen LogP contribution < -0.4 is 0 Å². The maximum absolute atomic E-state index is 10.8. The zero-order valence-electron chi connectivity index (χ0n) is 9.26. The van der Waals surface area contributed by atoms with E-state index >= 15 is 0 Å². The van der Waals surface area contributed by atoms with E-state index < -0.39 is 5.97 Å². The summed E-state index contributed by atoms with van der Waals surface area (Å²) in [6, 6.07) is 5.51. The number of aromatic nitrogens is 2. The average Bonchev–Trinajstić information content (AvgIpc) is 2.26. The summed E-state index contributed by atoms with van der Waals surface area (Å²) in [7, 11) is 0. The van der Waals surface area contributed by atoms with Crippen LogP contribution in [-0.4, -0.2) is 21.0 Å².